The normalized spacial score (nSPS) is 10.5. The van der Waals surface area contributed by atoms with Gasteiger partial charge in [-0.3, -0.25) is 9.58 Å². The number of hydrogen-bond donors (Lipinski definition) is 1. The van der Waals surface area contributed by atoms with Gasteiger partial charge in [0.1, 0.15) is 0 Å². The van der Waals surface area contributed by atoms with Crippen molar-refractivity contribution in [1.82, 2.24) is 14.7 Å². The molecule has 0 amide bonds. The van der Waals surface area contributed by atoms with Crippen LogP contribution in [-0.4, -0.2) is 33.4 Å². The fourth-order valence-corrected chi connectivity index (χ4v) is 2.21. The fraction of sp³-hybridized carbons (Fsp3) is 0.353. The third-order valence-corrected chi connectivity index (χ3v) is 3.13. The van der Waals surface area contributed by atoms with Crippen LogP contribution in [0.3, 0.4) is 0 Å². The molecule has 0 saturated carbocycles. The molecule has 110 valence electrons. The van der Waals surface area contributed by atoms with Crippen molar-refractivity contribution in [2.45, 2.75) is 19.5 Å². The zero-order valence-electron chi connectivity index (χ0n) is 12.6. The molecule has 2 aromatic rings. The standard InChI is InChI=1S/C17H21N3O/c1-19(12-15-11-18-20(2)13-15)14-17-9-4-3-7-16(17)8-5-6-10-21/h3-4,7,9,11,13,21H,6,10,12,14H2,1-2H3. The molecule has 0 aliphatic heterocycles. The average Bonchev–Trinajstić information content (AvgIpc) is 2.86. The first-order valence-electron chi connectivity index (χ1n) is 7.02. The van der Waals surface area contributed by atoms with E-state index in [0.717, 1.165) is 18.7 Å². The lowest BCUT2D eigenvalue weighted by atomic mass is 10.1. The summed E-state index contributed by atoms with van der Waals surface area (Å²) in [6.45, 7) is 1.79. The van der Waals surface area contributed by atoms with Gasteiger partial charge >= 0.3 is 0 Å². The molecule has 4 nitrogen and oxygen atoms in total. The van der Waals surface area contributed by atoms with Crippen molar-refractivity contribution < 1.29 is 5.11 Å². The molecule has 0 spiro atoms. The van der Waals surface area contributed by atoms with Gasteiger partial charge < -0.3 is 5.11 Å². The maximum Gasteiger partial charge on any atom is 0.0540 e. The minimum atomic E-state index is 0.107. The Bertz CT molecular complexity index is 637. The second kappa shape index (κ2) is 7.63. The minimum Gasteiger partial charge on any atom is -0.395 e. The van der Waals surface area contributed by atoms with E-state index in [1.165, 1.54) is 11.1 Å². The number of aryl methyl sites for hydroxylation is 1. The Morgan fingerprint density at radius 3 is 2.81 bits per heavy atom. The summed E-state index contributed by atoms with van der Waals surface area (Å²) in [7, 11) is 4.01. The summed E-state index contributed by atoms with van der Waals surface area (Å²) in [6.07, 6.45) is 4.44. The van der Waals surface area contributed by atoms with Gasteiger partial charge in [0.05, 0.1) is 12.8 Å². The maximum absolute atomic E-state index is 8.81. The summed E-state index contributed by atoms with van der Waals surface area (Å²) in [5.74, 6) is 6.12. The zero-order valence-corrected chi connectivity index (χ0v) is 12.6. The van der Waals surface area contributed by atoms with Crippen molar-refractivity contribution in [3.05, 3.63) is 53.3 Å². The highest BCUT2D eigenvalue weighted by Crippen LogP contribution is 2.12. The van der Waals surface area contributed by atoms with E-state index in [1.54, 1.807) is 0 Å². The Kier molecular flexibility index (Phi) is 5.56. The first-order chi connectivity index (χ1) is 10.2. The van der Waals surface area contributed by atoms with E-state index in [-0.39, 0.29) is 6.61 Å². The molecule has 21 heavy (non-hydrogen) atoms. The van der Waals surface area contributed by atoms with E-state index in [2.05, 4.69) is 35.0 Å². The lowest BCUT2D eigenvalue weighted by molar-refractivity contribution is 0.305. The quantitative estimate of drug-likeness (QED) is 0.851. The molecule has 4 heteroatoms. The summed E-state index contributed by atoms with van der Waals surface area (Å²) in [6, 6.07) is 8.15. The van der Waals surface area contributed by atoms with Gasteiger partial charge in [-0.1, -0.05) is 30.0 Å². The Balaban J connectivity index is 2.03. The van der Waals surface area contributed by atoms with Crippen LogP contribution in [0.1, 0.15) is 23.1 Å². The van der Waals surface area contributed by atoms with Crippen LogP contribution in [0, 0.1) is 11.8 Å². The van der Waals surface area contributed by atoms with Crippen LogP contribution in [0.15, 0.2) is 36.7 Å². The Labute approximate surface area is 126 Å². The topological polar surface area (TPSA) is 41.3 Å². The summed E-state index contributed by atoms with van der Waals surface area (Å²) in [5, 5.41) is 13.0. The van der Waals surface area contributed by atoms with Crippen molar-refractivity contribution >= 4 is 0 Å². The molecular formula is C17H21N3O. The van der Waals surface area contributed by atoms with Crippen LogP contribution in [-0.2, 0) is 20.1 Å². The lowest BCUT2D eigenvalue weighted by Crippen LogP contribution is -2.17. The molecule has 0 aliphatic rings. The summed E-state index contributed by atoms with van der Waals surface area (Å²) < 4.78 is 1.82. The Morgan fingerprint density at radius 1 is 1.29 bits per heavy atom. The van der Waals surface area contributed by atoms with Crippen LogP contribution in [0.25, 0.3) is 0 Å². The molecule has 0 fully saturated rings. The molecule has 1 N–H and O–H groups in total. The van der Waals surface area contributed by atoms with E-state index in [1.807, 2.05) is 42.3 Å². The fourth-order valence-electron chi connectivity index (χ4n) is 2.21. The summed E-state index contributed by atoms with van der Waals surface area (Å²) >= 11 is 0. The molecule has 0 radical (unpaired) electrons. The number of benzene rings is 1. The highest BCUT2D eigenvalue weighted by atomic mass is 16.2. The van der Waals surface area contributed by atoms with Gasteiger partial charge in [-0.05, 0) is 18.7 Å². The van der Waals surface area contributed by atoms with Crippen molar-refractivity contribution in [3.63, 3.8) is 0 Å². The van der Waals surface area contributed by atoms with Crippen LogP contribution in [0.4, 0.5) is 0 Å². The van der Waals surface area contributed by atoms with Gasteiger partial charge in [0, 0.05) is 43.9 Å². The SMILES string of the molecule is CN(Cc1cnn(C)c1)Cc1ccccc1C#CCCO. The highest BCUT2D eigenvalue weighted by Gasteiger charge is 2.06. The molecule has 0 atom stereocenters. The van der Waals surface area contributed by atoms with Gasteiger partial charge in [-0.15, -0.1) is 0 Å². The first-order valence-corrected chi connectivity index (χ1v) is 7.02. The Morgan fingerprint density at radius 2 is 2.10 bits per heavy atom. The van der Waals surface area contributed by atoms with E-state index < -0.39 is 0 Å². The number of hydrogen-bond acceptors (Lipinski definition) is 3. The lowest BCUT2D eigenvalue weighted by Gasteiger charge is -2.16. The van der Waals surface area contributed by atoms with E-state index in [4.69, 9.17) is 5.11 Å². The average molecular weight is 283 g/mol. The van der Waals surface area contributed by atoms with Crippen LogP contribution in [0.5, 0.6) is 0 Å². The third kappa shape index (κ3) is 4.75. The van der Waals surface area contributed by atoms with Gasteiger partial charge in [-0.2, -0.15) is 5.10 Å². The van der Waals surface area contributed by atoms with Crippen molar-refractivity contribution in [3.8, 4) is 11.8 Å². The predicted octanol–water partition coefficient (Wildman–Crippen LogP) is 1.79. The third-order valence-electron chi connectivity index (χ3n) is 3.13. The minimum absolute atomic E-state index is 0.107. The summed E-state index contributed by atoms with van der Waals surface area (Å²) in [5.41, 5.74) is 3.43. The monoisotopic (exact) mass is 283 g/mol. The van der Waals surface area contributed by atoms with E-state index in [9.17, 15) is 0 Å². The first kappa shape index (κ1) is 15.3. The van der Waals surface area contributed by atoms with E-state index in [0.29, 0.717) is 6.42 Å². The molecular weight excluding hydrogens is 262 g/mol. The molecule has 0 aliphatic carbocycles. The number of nitrogens with zero attached hydrogens (tertiary/aromatic N) is 3. The molecule has 1 aromatic carbocycles. The van der Waals surface area contributed by atoms with Crippen LogP contribution in [0.2, 0.25) is 0 Å². The molecule has 1 aromatic heterocycles. The number of aliphatic hydroxyl groups excluding tert-OH is 1. The number of rotatable bonds is 5. The van der Waals surface area contributed by atoms with Crippen molar-refractivity contribution in [1.29, 1.82) is 0 Å². The summed E-state index contributed by atoms with van der Waals surface area (Å²) in [4.78, 5) is 2.24. The van der Waals surface area contributed by atoms with Gasteiger partial charge in [-0.25, -0.2) is 0 Å². The van der Waals surface area contributed by atoms with Crippen molar-refractivity contribution in [2.24, 2.45) is 7.05 Å². The highest BCUT2D eigenvalue weighted by molar-refractivity contribution is 5.41. The van der Waals surface area contributed by atoms with Crippen LogP contribution < -0.4 is 0 Å². The maximum atomic E-state index is 8.81. The number of aromatic nitrogens is 2. The largest absolute Gasteiger partial charge is 0.395 e. The second-order valence-electron chi connectivity index (χ2n) is 5.13. The molecule has 1 heterocycles. The Hall–Kier alpha value is -2.09. The molecule has 0 bridgehead atoms. The van der Waals surface area contributed by atoms with Gasteiger partial charge in [0.25, 0.3) is 0 Å². The van der Waals surface area contributed by atoms with E-state index >= 15 is 0 Å². The van der Waals surface area contributed by atoms with Gasteiger partial charge in [0.2, 0.25) is 0 Å². The second-order valence-corrected chi connectivity index (χ2v) is 5.13. The zero-order chi connectivity index (χ0) is 15.1. The molecule has 2 rings (SSSR count). The smallest absolute Gasteiger partial charge is 0.0540 e. The number of aliphatic hydroxyl groups is 1. The van der Waals surface area contributed by atoms with Crippen molar-refractivity contribution in [2.75, 3.05) is 13.7 Å². The van der Waals surface area contributed by atoms with Crippen LogP contribution >= 0.6 is 0 Å². The molecule has 0 unspecified atom stereocenters. The van der Waals surface area contributed by atoms with Gasteiger partial charge in [0.15, 0.2) is 0 Å². The molecule has 0 saturated heterocycles. The predicted molar refractivity (Wildman–Crippen MR) is 83.4 cm³/mol.